The third-order valence-electron chi connectivity index (χ3n) is 2.66. The summed E-state index contributed by atoms with van der Waals surface area (Å²) >= 11 is 0. The normalized spacial score (nSPS) is 9.60. The van der Waals surface area contributed by atoms with Crippen molar-refractivity contribution >= 4 is 5.97 Å². The molecule has 0 saturated carbocycles. The lowest BCUT2D eigenvalue weighted by molar-refractivity contribution is -0.690. The number of esters is 1. The molecule has 100 valence electrons. The highest BCUT2D eigenvalue weighted by atomic mass is 16.5. The number of carbonyl (C=O) groups is 1. The van der Waals surface area contributed by atoms with Crippen LogP contribution in [0.25, 0.3) is 10.4 Å². The van der Waals surface area contributed by atoms with E-state index >= 15 is 0 Å². The van der Waals surface area contributed by atoms with Crippen LogP contribution in [0.1, 0.15) is 16.1 Å². The summed E-state index contributed by atoms with van der Waals surface area (Å²) < 4.78 is 6.65. The summed E-state index contributed by atoms with van der Waals surface area (Å²) in [6, 6.07) is 15.1. The topological polar surface area (TPSA) is 78.9 Å². The first kappa shape index (κ1) is 13.6. The van der Waals surface area contributed by atoms with E-state index in [1.165, 1.54) is 0 Å². The highest BCUT2D eigenvalue weighted by Gasteiger charge is 2.19. The SMILES string of the molecule is [N-]=[N+]=NCOC(=O)c1cccc[n+]1Cc1ccccc1. The molecule has 0 aliphatic heterocycles. The average molecular weight is 269 g/mol. The maximum atomic E-state index is 11.9. The monoisotopic (exact) mass is 269 g/mol. The van der Waals surface area contributed by atoms with Gasteiger partial charge in [0.05, 0.1) is 0 Å². The van der Waals surface area contributed by atoms with Crippen LogP contribution in [0.2, 0.25) is 0 Å². The maximum absolute atomic E-state index is 11.9. The summed E-state index contributed by atoms with van der Waals surface area (Å²) in [5.41, 5.74) is 9.64. The van der Waals surface area contributed by atoms with E-state index in [1.54, 1.807) is 22.9 Å². The summed E-state index contributed by atoms with van der Waals surface area (Å²) in [6.45, 7) is 0.253. The van der Waals surface area contributed by atoms with Gasteiger partial charge in [-0.05, 0) is 11.6 Å². The van der Waals surface area contributed by atoms with Gasteiger partial charge in [-0.15, -0.1) is 0 Å². The van der Waals surface area contributed by atoms with Gasteiger partial charge < -0.3 is 4.74 Å². The molecule has 1 heterocycles. The fourth-order valence-corrected chi connectivity index (χ4v) is 1.77. The Morgan fingerprint density at radius 1 is 1.20 bits per heavy atom. The molecule has 6 nitrogen and oxygen atoms in total. The molecule has 0 atom stereocenters. The van der Waals surface area contributed by atoms with Crippen molar-refractivity contribution in [2.24, 2.45) is 5.11 Å². The minimum atomic E-state index is -0.520. The molecule has 0 N–H and O–H groups in total. The molecule has 0 bridgehead atoms. The zero-order valence-corrected chi connectivity index (χ0v) is 10.7. The third kappa shape index (κ3) is 3.57. The van der Waals surface area contributed by atoms with Gasteiger partial charge in [-0.3, -0.25) is 0 Å². The minimum absolute atomic E-state index is 0.310. The van der Waals surface area contributed by atoms with Gasteiger partial charge in [-0.1, -0.05) is 35.4 Å². The molecule has 0 saturated heterocycles. The lowest BCUT2D eigenvalue weighted by Gasteiger charge is -2.03. The second kappa shape index (κ2) is 6.92. The van der Waals surface area contributed by atoms with Crippen LogP contribution in [0.5, 0.6) is 0 Å². The molecule has 0 unspecified atom stereocenters. The summed E-state index contributed by atoms with van der Waals surface area (Å²) in [4.78, 5) is 14.4. The molecule has 6 heteroatoms. The fourth-order valence-electron chi connectivity index (χ4n) is 1.77. The molecule has 0 aliphatic carbocycles. The van der Waals surface area contributed by atoms with Gasteiger partial charge in [-0.2, -0.15) is 4.57 Å². The number of nitrogens with zero attached hydrogens (tertiary/aromatic N) is 4. The van der Waals surface area contributed by atoms with Crippen molar-refractivity contribution in [3.63, 3.8) is 0 Å². The second-order valence-corrected chi connectivity index (χ2v) is 3.99. The largest absolute Gasteiger partial charge is 0.452 e. The number of rotatable bonds is 5. The zero-order valence-electron chi connectivity index (χ0n) is 10.7. The number of pyridine rings is 1. The van der Waals surface area contributed by atoms with Crippen molar-refractivity contribution in [2.45, 2.75) is 6.54 Å². The quantitative estimate of drug-likeness (QED) is 0.275. The van der Waals surface area contributed by atoms with Crippen LogP contribution in [0.3, 0.4) is 0 Å². The number of azide groups is 1. The van der Waals surface area contributed by atoms with Crippen LogP contribution in [-0.2, 0) is 11.3 Å². The van der Waals surface area contributed by atoms with Crippen LogP contribution in [0.15, 0.2) is 59.8 Å². The molecular formula is C14H13N4O2+. The number of hydrogen-bond acceptors (Lipinski definition) is 3. The fraction of sp³-hybridized carbons (Fsp3) is 0.143. The van der Waals surface area contributed by atoms with Crippen molar-refractivity contribution in [2.75, 3.05) is 6.73 Å². The van der Waals surface area contributed by atoms with Gasteiger partial charge in [0.25, 0.3) is 5.69 Å². The summed E-state index contributed by atoms with van der Waals surface area (Å²) in [6.07, 6.45) is 1.80. The van der Waals surface area contributed by atoms with Crippen LogP contribution in [0, 0.1) is 0 Å². The molecule has 20 heavy (non-hydrogen) atoms. The van der Waals surface area contributed by atoms with E-state index in [0.717, 1.165) is 5.56 Å². The molecule has 1 aromatic carbocycles. The van der Waals surface area contributed by atoms with Gasteiger partial charge in [0, 0.05) is 22.6 Å². The lowest BCUT2D eigenvalue weighted by Crippen LogP contribution is -2.41. The number of aromatic nitrogens is 1. The van der Waals surface area contributed by atoms with E-state index in [1.807, 2.05) is 36.4 Å². The molecular weight excluding hydrogens is 256 g/mol. The van der Waals surface area contributed by atoms with Crippen molar-refractivity contribution in [3.05, 3.63) is 76.4 Å². The Hall–Kier alpha value is -2.85. The van der Waals surface area contributed by atoms with Crippen molar-refractivity contribution in [1.82, 2.24) is 0 Å². The van der Waals surface area contributed by atoms with Crippen molar-refractivity contribution in [1.29, 1.82) is 0 Å². The molecule has 0 fully saturated rings. The van der Waals surface area contributed by atoms with Gasteiger partial charge in [0.15, 0.2) is 19.5 Å². The second-order valence-electron chi connectivity index (χ2n) is 3.99. The molecule has 2 aromatic rings. The van der Waals surface area contributed by atoms with Crippen LogP contribution in [0.4, 0.5) is 0 Å². The molecule has 0 amide bonds. The molecule has 0 radical (unpaired) electrons. The first-order chi connectivity index (χ1) is 9.81. The van der Waals surface area contributed by atoms with Crippen molar-refractivity contribution < 1.29 is 14.1 Å². The Labute approximate surface area is 115 Å². The number of hydrogen-bond donors (Lipinski definition) is 0. The van der Waals surface area contributed by atoms with E-state index in [9.17, 15) is 4.79 Å². The third-order valence-corrected chi connectivity index (χ3v) is 2.66. The maximum Gasteiger partial charge on any atom is 0.403 e. The van der Waals surface area contributed by atoms with E-state index in [2.05, 4.69) is 10.0 Å². The Morgan fingerprint density at radius 3 is 2.70 bits per heavy atom. The molecule has 2 rings (SSSR count). The highest BCUT2D eigenvalue weighted by Crippen LogP contribution is 2.01. The molecule has 1 aromatic heterocycles. The van der Waals surface area contributed by atoms with Crippen LogP contribution >= 0.6 is 0 Å². The number of ether oxygens (including phenoxy) is 1. The first-order valence-corrected chi connectivity index (χ1v) is 6.01. The number of benzene rings is 1. The Kier molecular flexibility index (Phi) is 4.70. The minimum Gasteiger partial charge on any atom is -0.452 e. The Morgan fingerprint density at radius 2 is 1.95 bits per heavy atom. The van der Waals surface area contributed by atoms with E-state index in [-0.39, 0.29) is 6.73 Å². The molecule has 0 aliphatic rings. The van der Waals surface area contributed by atoms with Crippen LogP contribution in [-0.4, -0.2) is 12.7 Å². The standard InChI is InChI=1S/C14H13N4O2/c15-17-16-11-20-14(19)13-8-4-5-9-18(13)10-12-6-2-1-3-7-12/h1-9H,10-11H2/q+1. The van der Waals surface area contributed by atoms with Gasteiger partial charge in [0.1, 0.15) is 0 Å². The van der Waals surface area contributed by atoms with Gasteiger partial charge in [0.2, 0.25) is 0 Å². The van der Waals surface area contributed by atoms with Gasteiger partial charge >= 0.3 is 5.97 Å². The summed E-state index contributed by atoms with van der Waals surface area (Å²) in [7, 11) is 0. The Balaban J connectivity index is 2.17. The predicted octanol–water partition coefficient (Wildman–Crippen LogP) is 2.45. The smallest absolute Gasteiger partial charge is 0.403 e. The van der Waals surface area contributed by atoms with Crippen molar-refractivity contribution in [3.8, 4) is 0 Å². The zero-order chi connectivity index (χ0) is 14.2. The van der Waals surface area contributed by atoms with E-state index in [0.29, 0.717) is 12.2 Å². The summed E-state index contributed by atoms with van der Waals surface area (Å²) in [5, 5.41) is 3.18. The highest BCUT2D eigenvalue weighted by molar-refractivity contribution is 5.85. The number of carbonyl (C=O) groups excluding carboxylic acids is 1. The predicted molar refractivity (Wildman–Crippen MR) is 71.6 cm³/mol. The van der Waals surface area contributed by atoms with Gasteiger partial charge in [-0.25, -0.2) is 4.79 Å². The van der Waals surface area contributed by atoms with E-state index in [4.69, 9.17) is 10.3 Å². The first-order valence-electron chi connectivity index (χ1n) is 6.01. The lowest BCUT2D eigenvalue weighted by atomic mass is 10.2. The summed E-state index contributed by atoms with van der Waals surface area (Å²) in [5.74, 6) is -0.520. The average Bonchev–Trinajstić information content (AvgIpc) is 2.49. The molecule has 0 spiro atoms. The van der Waals surface area contributed by atoms with E-state index < -0.39 is 5.97 Å². The Bertz CT molecular complexity index is 637. The van der Waals surface area contributed by atoms with Crippen LogP contribution < -0.4 is 4.57 Å².